The fourth-order valence-corrected chi connectivity index (χ4v) is 6.65. The molecule has 1 saturated heterocycles. The molecule has 31 heavy (non-hydrogen) atoms. The van der Waals surface area contributed by atoms with Gasteiger partial charge in [0.05, 0.1) is 26.0 Å². The van der Waals surface area contributed by atoms with Crippen LogP contribution in [0, 0.1) is 0 Å². The average molecular weight is 438 g/mol. The molecule has 2 aliphatic rings. The first-order chi connectivity index (χ1) is 15.0. The van der Waals surface area contributed by atoms with E-state index in [2.05, 4.69) is 4.98 Å². The number of benzene rings is 2. The maximum atomic E-state index is 13.7. The highest BCUT2D eigenvalue weighted by atomic mass is 32.2. The van der Waals surface area contributed by atoms with Crippen LogP contribution in [0.3, 0.4) is 0 Å². The van der Waals surface area contributed by atoms with Crippen molar-refractivity contribution < 1.29 is 17.9 Å². The Balaban J connectivity index is 1.56. The number of hydrogen-bond donors (Lipinski definition) is 0. The molecule has 0 saturated carbocycles. The number of methoxy groups -OCH3 is 2. The van der Waals surface area contributed by atoms with E-state index in [9.17, 15) is 8.42 Å². The third-order valence-electron chi connectivity index (χ3n) is 6.09. The molecule has 2 atom stereocenters. The van der Waals surface area contributed by atoms with Gasteiger partial charge in [0.1, 0.15) is 16.4 Å². The maximum Gasteiger partial charge on any atom is 0.247 e. The van der Waals surface area contributed by atoms with Gasteiger partial charge in [-0.2, -0.15) is 4.31 Å². The summed E-state index contributed by atoms with van der Waals surface area (Å²) in [5.41, 5.74) is 2.78. The molecule has 2 unspecified atom stereocenters. The van der Waals surface area contributed by atoms with Gasteiger partial charge >= 0.3 is 0 Å². The smallest absolute Gasteiger partial charge is 0.247 e. The molecule has 2 aliphatic heterocycles. The number of hydrogen-bond acceptors (Lipinski definition) is 6. The summed E-state index contributed by atoms with van der Waals surface area (Å²) in [4.78, 5) is 9.47. The Labute approximate surface area is 181 Å². The van der Waals surface area contributed by atoms with Crippen LogP contribution in [0.5, 0.6) is 11.5 Å². The molecule has 0 N–H and O–H groups in total. The van der Waals surface area contributed by atoms with Crippen LogP contribution < -0.4 is 9.47 Å². The first-order valence-electron chi connectivity index (χ1n) is 10.2. The highest BCUT2D eigenvalue weighted by Crippen LogP contribution is 2.47. The third-order valence-corrected chi connectivity index (χ3v) is 8.07. The molecule has 160 valence electrons. The zero-order valence-electron chi connectivity index (χ0n) is 17.4. The monoisotopic (exact) mass is 437 g/mol. The van der Waals surface area contributed by atoms with E-state index in [1.165, 1.54) is 20.3 Å². The van der Waals surface area contributed by atoms with Crippen LogP contribution in [-0.2, 0) is 16.4 Å². The number of sulfonamides is 1. The summed E-state index contributed by atoms with van der Waals surface area (Å²) in [6.45, 7) is 0. The van der Waals surface area contributed by atoms with E-state index >= 15 is 0 Å². The van der Waals surface area contributed by atoms with Crippen LogP contribution in [0.15, 0.2) is 59.6 Å². The van der Waals surface area contributed by atoms with Gasteiger partial charge in [-0.1, -0.05) is 30.3 Å². The second-order valence-corrected chi connectivity index (χ2v) is 9.58. The minimum absolute atomic E-state index is 0.122. The fraction of sp³-hybridized carbons (Fsp3) is 0.304. The number of rotatable bonds is 5. The second kappa shape index (κ2) is 7.62. The lowest BCUT2D eigenvalue weighted by atomic mass is 10.0. The summed E-state index contributed by atoms with van der Waals surface area (Å²) in [6.07, 6.45) is 3.90. The van der Waals surface area contributed by atoms with E-state index in [1.807, 2.05) is 30.3 Å². The summed E-state index contributed by atoms with van der Waals surface area (Å²) in [7, 11) is -0.819. The zero-order chi connectivity index (χ0) is 21.6. The van der Waals surface area contributed by atoms with Crippen molar-refractivity contribution in [1.82, 2.24) is 14.3 Å². The minimum Gasteiger partial charge on any atom is -0.497 e. The molecular weight excluding hydrogens is 414 g/mol. The van der Waals surface area contributed by atoms with Gasteiger partial charge in [0.25, 0.3) is 0 Å². The van der Waals surface area contributed by atoms with Crippen LogP contribution in [0.25, 0.3) is 11.4 Å². The lowest BCUT2D eigenvalue weighted by Gasteiger charge is -2.34. The Morgan fingerprint density at radius 2 is 1.84 bits per heavy atom. The van der Waals surface area contributed by atoms with Gasteiger partial charge < -0.3 is 9.47 Å². The largest absolute Gasteiger partial charge is 0.497 e. The molecule has 1 fully saturated rings. The highest BCUT2D eigenvalue weighted by Gasteiger charge is 2.48. The quantitative estimate of drug-likeness (QED) is 0.607. The van der Waals surface area contributed by atoms with Gasteiger partial charge in [-0.25, -0.2) is 18.4 Å². The average Bonchev–Trinajstić information content (AvgIpc) is 3.15. The van der Waals surface area contributed by atoms with Crippen LogP contribution in [0.4, 0.5) is 0 Å². The Hall–Kier alpha value is -2.97. The van der Waals surface area contributed by atoms with Crippen molar-refractivity contribution in [2.45, 2.75) is 36.2 Å². The van der Waals surface area contributed by atoms with Crippen molar-refractivity contribution in [3.8, 4) is 22.9 Å². The van der Waals surface area contributed by atoms with Crippen molar-refractivity contribution in [2.75, 3.05) is 14.2 Å². The number of ether oxygens (including phenoxy) is 2. The predicted octanol–water partition coefficient (Wildman–Crippen LogP) is 3.61. The van der Waals surface area contributed by atoms with E-state index in [0.717, 1.165) is 29.7 Å². The summed E-state index contributed by atoms with van der Waals surface area (Å²) < 4.78 is 39.7. The number of aromatic nitrogens is 2. The highest BCUT2D eigenvalue weighted by molar-refractivity contribution is 7.89. The minimum atomic E-state index is -3.81. The Morgan fingerprint density at radius 3 is 2.58 bits per heavy atom. The van der Waals surface area contributed by atoms with Crippen molar-refractivity contribution in [1.29, 1.82) is 0 Å². The van der Waals surface area contributed by atoms with E-state index in [0.29, 0.717) is 23.7 Å². The third kappa shape index (κ3) is 3.26. The molecule has 2 aromatic carbocycles. The Bertz CT molecular complexity index is 1230. The SMILES string of the molecule is COc1ccc(OC)c(S(=O)(=O)N2C3CCC2c2cnc(-c4ccccc4)nc2C3)c1. The normalized spacial score (nSPS) is 20.3. The molecule has 0 spiro atoms. The van der Waals surface area contributed by atoms with Gasteiger partial charge in [0.2, 0.25) is 10.0 Å². The number of nitrogens with zero attached hydrogens (tertiary/aromatic N) is 3. The van der Waals surface area contributed by atoms with Gasteiger partial charge in [0, 0.05) is 35.9 Å². The maximum absolute atomic E-state index is 13.7. The molecule has 5 rings (SSSR count). The van der Waals surface area contributed by atoms with E-state index in [-0.39, 0.29) is 17.0 Å². The molecule has 0 radical (unpaired) electrons. The molecule has 7 nitrogen and oxygen atoms in total. The van der Waals surface area contributed by atoms with Gasteiger partial charge in [-0.3, -0.25) is 0 Å². The lowest BCUT2D eigenvalue weighted by molar-refractivity contribution is 0.298. The molecule has 0 aliphatic carbocycles. The summed E-state index contributed by atoms with van der Waals surface area (Å²) in [6, 6.07) is 14.2. The summed E-state index contributed by atoms with van der Waals surface area (Å²) >= 11 is 0. The van der Waals surface area contributed by atoms with Crippen molar-refractivity contribution in [2.24, 2.45) is 0 Å². The standard InChI is InChI=1S/C23H23N3O4S/c1-29-17-9-11-21(30-2)22(13-17)31(27,28)26-16-8-10-20(26)18-14-24-23(25-19(18)12-16)15-6-4-3-5-7-15/h3-7,9,11,13-14,16,20H,8,10,12H2,1-2H3. The molecule has 8 heteroatoms. The molecule has 2 bridgehead atoms. The van der Waals surface area contributed by atoms with Crippen LogP contribution in [0.1, 0.15) is 30.1 Å². The van der Waals surface area contributed by atoms with Crippen LogP contribution in [-0.4, -0.2) is 43.0 Å². The van der Waals surface area contributed by atoms with Crippen LogP contribution >= 0.6 is 0 Å². The summed E-state index contributed by atoms with van der Waals surface area (Å²) in [5, 5.41) is 0. The fourth-order valence-electron chi connectivity index (χ4n) is 4.62. The first kappa shape index (κ1) is 20.0. The van der Waals surface area contributed by atoms with Gasteiger partial charge in [0.15, 0.2) is 5.82 Å². The van der Waals surface area contributed by atoms with E-state index in [1.54, 1.807) is 22.6 Å². The first-order valence-corrected chi connectivity index (χ1v) is 11.6. The summed E-state index contributed by atoms with van der Waals surface area (Å²) in [5.74, 6) is 1.45. The van der Waals surface area contributed by atoms with Gasteiger partial charge in [-0.15, -0.1) is 0 Å². The topological polar surface area (TPSA) is 81.6 Å². The molecule has 3 heterocycles. The van der Waals surface area contributed by atoms with Crippen LogP contribution in [0.2, 0.25) is 0 Å². The number of fused-ring (bicyclic) bond motifs is 4. The van der Waals surface area contributed by atoms with Crippen molar-refractivity contribution in [3.05, 3.63) is 66.0 Å². The van der Waals surface area contributed by atoms with Crippen molar-refractivity contribution in [3.63, 3.8) is 0 Å². The van der Waals surface area contributed by atoms with E-state index in [4.69, 9.17) is 14.5 Å². The predicted molar refractivity (Wildman–Crippen MR) is 116 cm³/mol. The molecule has 3 aromatic rings. The molecular formula is C23H23N3O4S. The lowest BCUT2D eigenvalue weighted by Crippen LogP contribution is -2.42. The molecule has 0 amide bonds. The van der Waals surface area contributed by atoms with Crippen molar-refractivity contribution >= 4 is 10.0 Å². The Kier molecular flexibility index (Phi) is 4.91. The zero-order valence-corrected chi connectivity index (χ0v) is 18.2. The second-order valence-electron chi connectivity index (χ2n) is 7.76. The molecule has 1 aromatic heterocycles. The van der Waals surface area contributed by atoms with Gasteiger partial charge in [-0.05, 0) is 25.0 Å². The van der Waals surface area contributed by atoms with E-state index < -0.39 is 10.0 Å². The Morgan fingerprint density at radius 1 is 1.03 bits per heavy atom.